The molecule has 2 fully saturated rings. The van der Waals surface area contributed by atoms with Crippen LogP contribution in [0.15, 0.2) is 6.20 Å². The second kappa shape index (κ2) is 5.13. The molecule has 2 saturated carbocycles. The SMILES string of the molecule is CCOC1CC(Nc2cnns2)C12CCCCC2. The van der Waals surface area contributed by atoms with E-state index in [9.17, 15) is 0 Å². The summed E-state index contributed by atoms with van der Waals surface area (Å²) in [6.45, 7) is 2.94. The van der Waals surface area contributed by atoms with Crippen molar-refractivity contribution in [2.24, 2.45) is 5.41 Å². The average Bonchev–Trinajstić information content (AvgIpc) is 2.92. The van der Waals surface area contributed by atoms with E-state index in [1.54, 1.807) is 0 Å². The molecule has 1 N–H and O–H groups in total. The first kappa shape index (κ1) is 12.4. The minimum Gasteiger partial charge on any atom is -0.378 e. The molecular weight excluding hydrogens is 246 g/mol. The first-order chi connectivity index (χ1) is 8.85. The summed E-state index contributed by atoms with van der Waals surface area (Å²) in [5, 5.41) is 8.62. The van der Waals surface area contributed by atoms with Crippen LogP contribution in [-0.2, 0) is 4.74 Å². The third-order valence-corrected chi connectivity index (χ3v) is 5.21. The number of anilines is 1. The Hall–Kier alpha value is -0.680. The lowest BCUT2D eigenvalue weighted by atomic mass is 9.55. The third-order valence-electron chi connectivity index (χ3n) is 4.62. The first-order valence-corrected chi connectivity index (χ1v) is 7.78. The Bertz CT molecular complexity index is 376. The van der Waals surface area contributed by atoms with E-state index in [2.05, 4.69) is 21.8 Å². The van der Waals surface area contributed by atoms with Crippen molar-refractivity contribution in [2.45, 2.75) is 57.6 Å². The Labute approximate surface area is 112 Å². The summed E-state index contributed by atoms with van der Waals surface area (Å²) in [5.41, 5.74) is 0.373. The van der Waals surface area contributed by atoms with Gasteiger partial charge in [-0.3, -0.25) is 0 Å². The maximum atomic E-state index is 5.95. The lowest BCUT2D eigenvalue weighted by Gasteiger charge is -2.57. The first-order valence-electron chi connectivity index (χ1n) is 7.00. The van der Waals surface area contributed by atoms with Crippen LogP contribution in [0.25, 0.3) is 0 Å². The summed E-state index contributed by atoms with van der Waals surface area (Å²) in [7, 11) is 0. The quantitative estimate of drug-likeness (QED) is 0.910. The Balaban J connectivity index is 1.70. The van der Waals surface area contributed by atoms with Crippen LogP contribution in [0.1, 0.15) is 45.4 Å². The number of ether oxygens (including phenoxy) is 1. The van der Waals surface area contributed by atoms with E-state index in [1.807, 2.05) is 6.20 Å². The minimum atomic E-state index is 0.373. The molecule has 2 aliphatic rings. The Morgan fingerprint density at radius 2 is 2.28 bits per heavy atom. The van der Waals surface area contributed by atoms with Gasteiger partial charge in [0, 0.05) is 29.6 Å². The molecule has 18 heavy (non-hydrogen) atoms. The highest BCUT2D eigenvalue weighted by Gasteiger charge is 2.55. The number of hydrogen-bond acceptors (Lipinski definition) is 5. The maximum absolute atomic E-state index is 5.95. The van der Waals surface area contributed by atoms with Crippen LogP contribution >= 0.6 is 11.5 Å². The topological polar surface area (TPSA) is 47.0 Å². The molecule has 0 saturated heterocycles. The molecule has 2 unspecified atom stereocenters. The molecule has 0 amide bonds. The summed E-state index contributed by atoms with van der Waals surface area (Å²) >= 11 is 1.45. The van der Waals surface area contributed by atoms with E-state index in [0.29, 0.717) is 17.6 Å². The summed E-state index contributed by atoms with van der Waals surface area (Å²) in [6, 6.07) is 0.552. The largest absolute Gasteiger partial charge is 0.378 e. The van der Waals surface area contributed by atoms with Gasteiger partial charge in [-0.2, -0.15) is 0 Å². The molecular formula is C13H21N3OS. The molecule has 5 heteroatoms. The van der Waals surface area contributed by atoms with Gasteiger partial charge in [0.2, 0.25) is 0 Å². The molecule has 0 radical (unpaired) electrons. The van der Waals surface area contributed by atoms with Crippen molar-refractivity contribution in [3.8, 4) is 0 Å². The highest BCUT2D eigenvalue weighted by molar-refractivity contribution is 7.09. The van der Waals surface area contributed by atoms with E-state index in [1.165, 1.54) is 43.6 Å². The number of rotatable bonds is 4. The van der Waals surface area contributed by atoms with Crippen LogP contribution in [0.5, 0.6) is 0 Å². The van der Waals surface area contributed by atoms with Gasteiger partial charge >= 0.3 is 0 Å². The minimum absolute atomic E-state index is 0.373. The molecule has 1 aromatic rings. The second-order valence-electron chi connectivity index (χ2n) is 5.45. The molecule has 4 nitrogen and oxygen atoms in total. The lowest BCUT2D eigenvalue weighted by Crippen LogP contribution is -2.62. The Kier molecular flexibility index (Phi) is 3.52. The average molecular weight is 267 g/mol. The summed E-state index contributed by atoms with van der Waals surface area (Å²) < 4.78 is 9.87. The summed E-state index contributed by atoms with van der Waals surface area (Å²) in [5.74, 6) is 0. The monoisotopic (exact) mass is 267 g/mol. The molecule has 2 atom stereocenters. The van der Waals surface area contributed by atoms with Crippen LogP contribution in [0.3, 0.4) is 0 Å². The van der Waals surface area contributed by atoms with E-state index in [4.69, 9.17) is 4.74 Å². The predicted molar refractivity (Wildman–Crippen MR) is 72.9 cm³/mol. The van der Waals surface area contributed by atoms with Crippen molar-refractivity contribution < 1.29 is 4.74 Å². The summed E-state index contributed by atoms with van der Waals surface area (Å²) in [4.78, 5) is 0. The highest BCUT2D eigenvalue weighted by Crippen LogP contribution is 2.54. The van der Waals surface area contributed by atoms with Gasteiger partial charge in [0.05, 0.1) is 12.3 Å². The van der Waals surface area contributed by atoms with Crippen LogP contribution in [0.4, 0.5) is 5.00 Å². The lowest BCUT2D eigenvalue weighted by molar-refractivity contribution is -0.134. The molecule has 100 valence electrons. The van der Waals surface area contributed by atoms with E-state index in [0.717, 1.165) is 18.0 Å². The van der Waals surface area contributed by atoms with Gasteiger partial charge in [-0.15, -0.1) is 5.10 Å². The van der Waals surface area contributed by atoms with Crippen molar-refractivity contribution in [1.29, 1.82) is 0 Å². The van der Waals surface area contributed by atoms with Crippen molar-refractivity contribution in [3.63, 3.8) is 0 Å². The van der Waals surface area contributed by atoms with E-state index in [-0.39, 0.29) is 0 Å². The predicted octanol–water partition coefficient (Wildman–Crippen LogP) is 3.08. The van der Waals surface area contributed by atoms with Crippen LogP contribution < -0.4 is 5.32 Å². The van der Waals surface area contributed by atoms with Crippen LogP contribution in [-0.4, -0.2) is 28.3 Å². The summed E-state index contributed by atoms with van der Waals surface area (Å²) in [6.07, 6.45) is 10.1. The molecule has 1 spiro atoms. The highest BCUT2D eigenvalue weighted by atomic mass is 32.1. The van der Waals surface area contributed by atoms with Crippen molar-refractivity contribution in [2.75, 3.05) is 11.9 Å². The fraction of sp³-hybridized carbons (Fsp3) is 0.846. The molecule has 0 bridgehead atoms. The van der Waals surface area contributed by atoms with Crippen molar-refractivity contribution in [1.82, 2.24) is 9.59 Å². The van der Waals surface area contributed by atoms with Gasteiger partial charge in [0.25, 0.3) is 0 Å². The van der Waals surface area contributed by atoms with Crippen molar-refractivity contribution in [3.05, 3.63) is 6.20 Å². The molecule has 3 rings (SSSR count). The molecule has 1 aromatic heterocycles. The van der Waals surface area contributed by atoms with Gasteiger partial charge in [0.1, 0.15) is 5.00 Å². The Morgan fingerprint density at radius 1 is 1.44 bits per heavy atom. The number of nitrogens with zero attached hydrogens (tertiary/aromatic N) is 2. The maximum Gasteiger partial charge on any atom is 0.130 e. The number of hydrogen-bond donors (Lipinski definition) is 1. The zero-order valence-electron chi connectivity index (χ0n) is 10.9. The standard InChI is InChI=1S/C13H21N3OS/c1-2-17-11-8-10(15-12-9-14-16-18-12)13(11)6-4-3-5-7-13/h9-11,15H,2-8H2,1H3. The van der Waals surface area contributed by atoms with Gasteiger partial charge in [-0.1, -0.05) is 23.8 Å². The van der Waals surface area contributed by atoms with Crippen LogP contribution in [0.2, 0.25) is 0 Å². The molecule has 2 aliphatic carbocycles. The van der Waals surface area contributed by atoms with Gasteiger partial charge in [-0.05, 0) is 26.2 Å². The Morgan fingerprint density at radius 3 is 2.94 bits per heavy atom. The zero-order valence-corrected chi connectivity index (χ0v) is 11.7. The smallest absolute Gasteiger partial charge is 0.130 e. The zero-order chi connectivity index (χ0) is 12.4. The van der Waals surface area contributed by atoms with Gasteiger partial charge < -0.3 is 10.1 Å². The normalized spacial score (nSPS) is 30.1. The molecule has 0 aromatic carbocycles. The van der Waals surface area contributed by atoms with Gasteiger partial charge in [-0.25, -0.2) is 0 Å². The third kappa shape index (κ3) is 2.03. The second-order valence-corrected chi connectivity index (χ2v) is 6.24. The van der Waals surface area contributed by atoms with Crippen molar-refractivity contribution >= 4 is 16.5 Å². The molecule has 0 aliphatic heterocycles. The van der Waals surface area contributed by atoms with E-state index >= 15 is 0 Å². The fourth-order valence-corrected chi connectivity index (χ4v) is 4.14. The van der Waals surface area contributed by atoms with Crippen LogP contribution in [0, 0.1) is 5.41 Å². The van der Waals surface area contributed by atoms with Gasteiger partial charge in [0.15, 0.2) is 0 Å². The van der Waals surface area contributed by atoms with E-state index < -0.39 is 0 Å². The fourth-order valence-electron chi connectivity index (χ4n) is 3.67. The number of nitrogens with one attached hydrogen (secondary N) is 1. The molecule has 1 heterocycles. The number of aromatic nitrogens is 2.